The molecule has 0 radical (unpaired) electrons. The first-order valence-corrected chi connectivity index (χ1v) is 6.40. The summed E-state index contributed by atoms with van der Waals surface area (Å²) in [6.07, 6.45) is 2.25. The van der Waals surface area contributed by atoms with Gasteiger partial charge in [0.15, 0.2) is 0 Å². The number of benzene rings is 1. The standard InChI is InChI=1S/C14H18N2O3/c15-11-5-1-9(2-6-11)7-13(17)16-12(8-14(18)19)10-3-4-10/h1-2,5-6,10,12H,3-4,7-8,15H2,(H,16,17)(H,18,19). The Morgan fingerprint density at radius 3 is 2.47 bits per heavy atom. The number of hydrogen-bond acceptors (Lipinski definition) is 3. The second-order valence-corrected chi connectivity index (χ2v) is 5.03. The Morgan fingerprint density at radius 1 is 1.32 bits per heavy atom. The monoisotopic (exact) mass is 262 g/mol. The summed E-state index contributed by atoms with van der Waals surface area (Å²) in [6, 6.07) is 6.87. The van der Waals surface area contributed by atoms with Crippen molar-refractivity contribution in [3.05, 3.63) is 29.8 Å². The van der Waals surface area contributed by atoms with Gasteiger partial charge in [0.05, 0.1) is 12.8 Å². The zero-order valence-electron chi connectivity index (χ0n) is 10.6. The maximum atomic E-state index is 11.9. The normalized spacial score (nSPS) is 15.8. The highest BCUT2D eigenvalue weighted by molar-refractivity contribution is 5.80. The van der Waals surface area contributed by atoms with E-state index in [9.17, 15) is 9.59 Å². The largest absolute Gasteiger partial charge is 0.481 e. The molecule has 0 heterocycles. The van der Waals surface area contributed by atoms with Crippen LogP contribution in [0.25, 0.3) is 0 Å². The van der Waals surface area contributed by atoms with Gasteiger partial charge in [-0.2, -0.15) is 0 Å². The topological polar surface area (TPSA) is 92.4 Å². The number of rotatable bonds is 6. The number of hydrogen-bond donors (Lipinski definition) is 3. The molecule has 1 amide bonds. The Hall–Kier alpha value is -2.04. The molecule has 19 heavy (non-hydrogen) atoms. The highest BCUT2D eigenvalue weighted by Gasteiger charge is 2.33. The van der Waals surface area contributed by atoms with E-state index >= 15 is 0 Å². The molecular weight excluding hydrogens is 244 g/mol. The smallest absolute Gasteiger partial charge is 0.305 e. The third-order valence-corrected chi connectivity index (χ3v) is 3.28. The molecule has 5 heteroatoms. The van der Waals surface area contributed by atoms with Gasteiger partial charge >= 0.3 is 5.97 Å². The van der Waals surface area contributed by atoms with Crippen molar-refractivity contribution in [2.45, 2.75) is 31.7 Å². The number of nitrogens with one attached hydrogen (secondary N) is 1. The van der Waals surface area contributed by atoms with E-state index in [0.717, 1.165) is 18.4 Å². The molecule has 1 fully saturated rings. The van der Waals surface area contributed by atoms with Crippen LogP contribution in [0.5, 0.6) is 0 Å². The molecule has 102 valence electrons. The number of nitrogens with two attached hydrogens (primary N) is 1. The highest BCUT2D eigenvalue weighted by atomic mass is 16.4. The van der Waals surface area contributed by atoms with Crippen molar-refractivity contribution >= 4 is 17.6 Å². The first-order valence-electron chi connectivity index (χ1n) is 6.40. The van der Waals surface area contributed by atoms with E-state index in [4.69, 9.17) is 10.8 Å². The summed E-state index contributed by atoms with van der Waals surface area (Å²) in [5.41, 5.74) is 7.11. The third-order valence-electron chi connectivity index (χ3n) is 3.28. The van der Waals surface area contributed by atoms with Gasteiger partial charge in [-0.05, 0) is 36.5 Å². The quantitative estimate of drug-likeness (QED) is 0.671. The van der Waals surface area contributed by atoms with Crippen LogP contribution in [0.3, 0.4) is 0 Å². The average Bonchev–Trinajstić information content (AvgIpc) is 3.14. The summed E-state index contributed by atoms with van der Waals surface area (Å²) < 4.78 is 0. The summed E-state index contributed by atoms with van der Waals surface area (Å²) in [5, 5.41) is 11.7. The van der Waals surface area contributed by atoms with Crippen molar-refractivity contribution < 1.29 is 14.7 Å². The fraction of sp³-hybridized carbons (Fsp3) is 0.429. The molecule has 0 aliphatic heterocycles. The van der Waals surface area contributed by atoms with E-state index in [2.05, 4.69) is 5.32 Å². The number of carboxylic acids is 1. The molecule has 0 aromatic heterocycles. The van der Waals surface area contributed by atoms with Crippen LogP contribution in [0.2, 0.25) is 0 Å². The van der Waals surface area contributed by atoms with Gasteiger partial charge in [0.1, 0.15) is 0 Å². The van der Waals surface area contributed by atoms with Crippen molar-refractivity contribution in [3.63, 3.8) is 0 Å². The number of amides is 1. The third kappa shape index (κ3) is 4.28. The summed E-state index contributed by atoms with van der Waals surface area (Å²) >= 11 is 0. The molecule has 1 aromatic carbocycles. The lowest BCUT2D eigenvalue weighted by molar-refractivity contribution is -0.137. The summed E-state index contributed by atoms with van der Waals surface area (Å²) in [4.78, 5) is 22.6. The molecule has 1 aromatic rings. The molecule has 1 aliphatic rings. The molecule has 4 N–H and O–H groups in total. The Balaban J connectivity index is 1.88. The number of aliphatic carboxylic acids is 1. The summed E-state index contributed by atoms with van der Waals surface area (Å²) in [7, 11) is 0. The van der Waals surface area contributed by atoms with Crippen LogP contribution in [-0.4, -0.2) is 23.0 Å². The van der Waals surface area contributed by atoms with Crippen LogP contribution in [0.1, 0.15) is 24.8 Å². The zero-order chi connectivity index (χ0) is 13.8. The van der Waals surface area contributed by atoms with Gasteiger partial charge in [0.25, 0.3) is 0 Å². The first-order chi connectivity index (χ1) is 9.04. The van der Waals surface area contributed by atoms with E-state index in [1.165, 1.54) is 0 Å². The van der Waals surface area contributed by atoms with Crippen molar-refractivity contribution in [1.29, 1.82) is 0 Å². The maximum absolute atomic E-state index is 11.9. The second-order valence-electron chi connectivity index (χ2n) is 5.03. The Morgan fingerprint density at radius 2 is 1.95 bits per heavy atom. The number of carboxylic acid groups (broad SMARTS) is 1. The van der Waals surface area contributed by atoms with Crippen molar-refractivity contribution in [3.8, 4) is 0 Å². The van der Waals surface area contributed by atoms with E-state index in [0.29, 0.717) is 11.6 Å². The number of anilines is 1. The Bertz CT molecular complexity index is 466. The number of carbonyl (C=O) groups excluding carboxylic acids is 1. The summed E-state index contributed by atoms with van der Waals surface area (Å²) in [6.45, 7) is 0. The molecule has 0 saturated heterocycles. The number of nitrogen functional groups attached to an aromatic ring is 1. The molecule has 0 bridgehead atoms. The van der Waals surface area contributed by atoms with Crippen molar-refractivity contribution in [1.82, 2.24) is 5.32 Å². The summed E-state index contributed by atoms with van der Waals surface area (Å²) in [5.74, 6) is -0.681. The predicted octanol–water partition coefficient (Wildman–Crippen LogP) is 1.18. The SMILES string of the molecule is Nc1ccc(CC(=O)NC(CC(=O)O)C2CC2)cc1. The minimum absolute atomic E-state index is 0.00184. The van der Waals surface area contributed by atoms with Crippen LogP contribution in [-0.2, 0) is 16.0 Å². The Kier molecular flexibility index (Phi) is 4.04. The lowest BCUT2D eigenvalue weighted by Crippen LogP contribution is -2.38. The minimum atomic E-state index is -0.871. The van der Waals surface area contributed by atoms with Gasteiger partial charge in [-0.15, -0.1) is 0 Å². The zero-order valence-corrected chi connectivity index (χ0v) is 10.6. The first kappa shape index (κ1) is 13.4. The van der Waals surface area contributed by atoms with Gasteiger partial charge in [-0.25, -0.2) is 0 Å². The van der Waals surface area contributed by atoms with Crippen LogP contribution in [0.4, 0.5) is 5.69 Å². The molecule has 2 rings (SSSR count). The maximum Gasteiger partial charge on any atom is 0.305 e. The molecule has 5 nitrogen and oxygen atoms in total. The predicted molar refractivity (Wildman–Crippen MR) is 71.5 cm³/mol. The molecular formula is C14H18N2O3. The number of carbonyl (C=O) groups is 2. The van der Waals surface area contributed by atoms with Gasteiger partial charge in [-0.1, -0.05) is 12.1 Å². The fourth-order valence-electron chi connectivity index (χ4n) is 2.10. The molecule has 1 saturated carbocycles. The van der Waals surface area contributed by atoms with Crippen LogP contribution in [0, 0.1) is 5.92 Å². The van der Waals surface area contributed by atoms with Crippen molar-refractivity contribution in [2.75, 3.05) is 5.73 Å². The lowest BCUT2D eigenvalue weighted by atomic mass is 10.1. The molecule has 0 spiro atoms. The van der Waals surface area contributed by atoms with Crippen LogP contribution >= 0.6 is 0 Å². The van der Waals surface area contributed by atoms with E-state index < -0.39 is 5.97 Å². The second kappa shape index (κ2) is 5.73. The van der Waals surface area contributed by atoms with Gasteiger partial charge in [0.2, 0.25) is 5.91 Å². The van der Waals surface area contributed by atoms with E-state index in [1.54, 1.807) is 24.3 Å². The van der Waals surface area contributed by atoms with Crippen LogP contribution < -0.4 is 11.1 Å². The van der Waals surface area contributed by atoms with E-state index in [-0.39, 0.29) is 24.8 Å². The molecule has 1 aliphatic carbocycles. The van der Waals surface area contributed by atoms with Gasteiger partial charge in [0, 0.05) is 11.7 Å². The molecule has 1 atom stereocenters. The highest BCUT2D eigenvalue weighted by Crippen LogP contribution is 2.34. The molecule has 1 unspecified atom stereocenters. The van der Waals surface area contributed by atoms with Crippen molar-refractivity contribution in [2.24, 2.45) is 5.92 Å². The minimum Gasteiger partial charge on any atom is -0.481 e. The van der Waals surface area contributed by atoms with Crippen LogP contribution in [0.15, 0.2) is 24.3 Å². The van der Waals surface area contributed by atoms with Gasteiger partial charge in [-0.3, -0.25) is 9.59 Å². The van der Waals surface area contributed by atoms with E-state index in [1.807, 2.05) is 0 Å². The lowest BCUT2D eigenvalue weighted by Gasteiger charge is -2.16. The Labute approximate surface area is 111 Å². The average molecular weight is 262 g/mol. The van der Waals surface area contributed by atoms with Gasteiger partial charge < -0.3 is 16.2 Å². The fourth-order valence-corrected chi connectivity index (χ4v) is 2.10.